The molecule has 0 aromatic rings. The highest BCUT2D eigenvalue weighted by Crippen LogP contribution is 2.32. The van der Waals surface area contributed by atoms with E-state index in [1.54, 1.807) is 0 Å². The molecule has 1 aliphatic heterocycles. The minimum Gasteiger partial charge on any atom is -0.381 e. The van der Waals surface area contributed by atoms with E-state index in [0.29, 0.717) is 0 Å². The first-order valence-electron chi connectivity index (χ1n) is 4.48. The van der Waals surface area contributed by atoms with Crippen molar-refractivity contribution >= 4 is 6.29 Å². The molecule has 12 heavy (non-hydrogen) atoms. The summed E-state index contributed by atoms with van der Waals surface area (Å²) in [6.45, 7) is 5.13. The quantitative estimate of drug-likeness (QED) is 0.473. The average Bonchev–Trinajstić information content (AvgIpc) is 2.16. The zero-order chi connectivity index (χ0) is 8.86. The minimum atomic E-state index is -0.105. The van der Waals surface area contributed by atoms with Crippen molar-refractivity contribution in [3.63, 3.8) is 0 Å². The van der Waals surface area contributed by atoms with Crippen molar-refractivity contribution in [1.29, 1.82) is 0 Å². The number of hydrogen-bond donors (Lipinski definition) is 0. The lowest BCUT2D eigenvalue weighted by molar-refractivity contribution is -0.121. The van der Waals surface area contributed by atoms with Crippen molar-refractivity contribution in [1.82, 2.24) is 0 Å². The maximum atomic E-state index is 10.9. The highest BCUT2D eigenvalue weighted by Gasteiger charge is 2.31. The van der Waals surface area contributed by atoms with Gasteiger partial charge in [-0.2, -0.15) is 0 Å². The van der Waals surface area contributed by atoms with Crippen LogP contribution in [-0.4, -0.2) is 19.5 Å². The summed E-state index contributed by atoms with van der Waals surface area (Å²) in [7, 11) is 0. The van der Waals surface area contributed by atoms with Crippen molar-refractivity contribution in [3.05, 3.63) is 12.7 Å². The molecule has 1 aliphatic rings. The number of rotatable bonds is 4. The van der Waals surface area contributed by atoms with Crippen LogP contribution in [-0.2, 0) is 9.53 Å². The molecule has 2 nitrogen and oxygen atoms in total. The first kappa shape index (κ1) is 9.46. The molecule has 0 atom stereocenters. The molecular formula is C10H16O2. The Morgan fingerprint density at radius 2 is 2.08 bits per heavy atom. The lowest BCUT2D eigenvalue weighted by Crippen LogP contribution is -2.30. The second kappa shape index (κ2) is 4.41. The van der Waals surface area contributed by atoms with Crippen LogP contribution < -0.4 is 0 Å². The number of allylic oxidation sites excluding steroid dienone is 1. The molecular weight excluding hydrogens is 152 g/mol. The molecule has 0 unspecified atom stereocenters. The van der Waals surface area contributed by atoms with Crippen LogP contribution >= 0.6 is 0 Å². The molecule has 2 heteroatoms. The molecule has 0 radical (unpaired) electrons. The van der Waals surface area contributed by atoms with Gasteiger partial charge in [0.2, 0.25) is 0 Å². The van der Waals surface area contributed by atoms with E-state index in [0.717, 1.165) is 45.2 Å². The molecule has 0 bridgehead atoms. The number of hydrogen-bond acceptors (Lipinski definition) is 2. The summed E-state index contributed by atoms with van der Waals surface area (Å²) in [6, 6.07) is 0. The molecule has 0 aromatic carbocycles. The highest BCUT2D eigenvalue weighted by atomic mass is 16.5. The van der Waals surface area contributed by atoms with Gasteiger partial charge in [0, 0.05) is 18.6 Å². The van der Waals surface area contributed by atoms with Crippen molar-refractivity contribution in [2.75, 3.05) is 13.2 Å². The predicted octanol–water partition coefficient (Wildman–Crippen LogP) is 1.95. The zero-order valence-electron chi connectivity index (χ0n) is 7.42. The molecule has 0 aromatic heterocycles. The third-order valence-electron chi connectivity index (χ3n) is 2.58. The normalized spacial score (nSPS) is 21.7. The number of carbonyl (C=O) groups excluding carboxylic acids is 1. The summed E-state index contributed by atoms with van der Waals surface area (Å²) in [6.07, 6.45) is 6.61. The Hall–Kier alpha value is -0.630. The minimum absolute atomic E-state index is 0.105. The Morgan fingerprint density at radius 1 is 1.42 bits per heavy atom. The molecule has 1 heterocycles. The van der Waals surface area contributed by atoms with Gasteiger partial charge in [0.15, 0.2) is 0 Å². The Balaban J connectivity index is 2.47. The van der Waals surface area contributed by atoms with Gasteiger partial charge in [0.25, 0.3) is 0 Å². The van der Waals surface area contributed by atoms with Gasteiger partial charge in [-0.15, -0.1) is 6.58 Å². The number of ether oxygens (including phenoxy) is 1. The van der Waals surface area contributed by atoms with Gasteiger partial charge in [-0.1, -0.05) is 6.08 Å². The van der Waals surface area contributed by atoms with Crippen molar-refractivity contribution in [2.45, 2.75) is 25.7 Å². The summed E-state index contributed by atoms with van der Waals surface area (Å²) in [5.74, 6) is 0. The topological polar surface area (TPSA) is 26.3 Å². The predicted molar refractivity (Wildman–Crippen MR) is 48.0 cm³/mol. The van der Waals surface area contributed by atoms with Crippen LogP contribution in [0.2, 0.25) is 0 Å². The van der Waals surface area contributed by atoms with Gasteiger partial charge in [0.05, 0.1) is 0 Å². The van der Waals surface area contributed by atoms with Gasteiger partial charge in [0.1, 0.15) is 6.29 Å². The van der Waals surface area contributed by atoms with Crippen molar-refractivity contribution in [3.8, 4) is 0 Å². The Labute approximate surface area is 73.6 Å². The van der Waals surface area contributed by atoms with E-state index in [-0.39, 0.29) is 5.41 Å². The monoisotopic (exact) mass is 168 g/mol. The molecule has 68 valence electrons. The van der Waals surface area contributed by atoms with Gasteiger partial charge >= 0.3 is 0 Å². The fourth-order valence-electron chi connectivity index (χ4n) is 1.59. The van der Waals surface area contributed by atoms with Crippen molar-refractivity contribution in [2.24, 2.45) is 5.41 Å². The summed E-state index contributed by atoms with van der Waals surface area (Å²) in [5, 5.41) is 0. The summed E-state index contributed by atoms with van der Waals surface area (Å²) in [5.41, 5.74) is -0.105. The summed E-state index contributed by atoms with van der Waals surface area (Å²) >= 11 is 0. The van der Waals surface area contributed by atoms with Crippen LogP contribution in [0.3, 0.4) is 0 Å². The Bertz CT molecular complexity index is 157. The Kier molecular flexibility index (Phi) is 3.48. The smallest absolute Gasteiger partial charge is 0.126 e. The lowest BCUT2D eigenvalue weighted by Gasteiger charge is -2.31. The lowest BCUT2D eigenvalue weighted by atomic mass is 9.78. The highest BCUT2D eigenvalue weighted by molar-refractivity contribution is 5.59. The van der Waals surface area contributed by atoms with Crippen LogP contribution in [0.5, 0.6) is 0 Å². The molecule has 0 spiro atoms. The fourth-order valence-corrected chi connectivity index (χ4v) is 1.59. The second-order valence-corrected chi connectivity index (χ2v) is 3.42. The molecule has 1 saturated heterocycles. The molecule has 0 amide bonds. The first-order chi connectivity index (χ1) is 5.83. The van der Waals surface area contributed by atoms with E-state index in [1.807, 2.05) is 6.08 Å². The summed E-state index contributed by atoms with van der Waals surface area (Å²) in [4.78, 5) is 10.9. The van der Waals surface area contributed by atoms with Crippen molar-refractivity contribution < 1.29 is 9.53 Å². The van der Waals surface area contributed by atoms with Crippen LogP contribution in [0.4, 0.5) is 0 Å². The van der Waals surface area contributed by atoms with Gasteiger partial charge in [-0.25, -0.2) is 0 Å². The average molecular weight is 168 g/mol. The van der Waals surface area contributed by atoms with Gasteiger partial charge < -0.3 is 9.53 Å². The SMILES string of the molecule is C=CCCC1(C=O)CCOCC1. The fraction of sp³-hybridized carbons (Fsp3) is 0.700. The zero-order valence-corrected chi connectivity index (χ0v) is 7.42. The van der Waals surface area contributed by atoms with E-state index in [4.69, 9.17) is 4.74 Å². The largest absolute Gasteiger partial charge is 0.381 e. The number of aldehydes is 1. The van der Waals surface area contributed by atoms with Crippen LogP contribution in [0, 0.1) is 5.41 Å². The molecule has 1 fully saturated rings. The van der Waals surface area contributed by atoms with E-state index in [9.17, 15) is 4.79 Å². The molecule has 0 saturated carbocycles. The summed E-state index contributed by atoms with van der Waals surface area (Å²) < 4.78 is 5.22. The molecule has 0 N–H and O–H groups in total. The van der Waals surface area contributed by atoms with Crippen LogP contribution in [0.15, 0.2) is 12.7 Å². The maximum absolute atomic E-state index is 10.9. The van der Waals surface area contributed by atoms with Crippen LogP contribution in [0.25, 0.3) is 0 Å². The van der Waals surface area contributed by atoms with Gasteiger partial charge in [-0.3, -0.25) is 0 Å². The number of carbonyl (C=O) groups is 1. The Morgan fingerprint density at radius 3 is 2.58 bits per heavy atom. The standard InChI is InChI=1S/C10H16O2/c1-2-3-4-10(9-11)5-7-12-8-6-10/h2,9H,1,3-8H2. The van der Waals surface area contributed by atoms with E-state index >= 15 is 0 Å². The van der Waals surface area contributed by atoms with E-state index in [1.165, 1.54) is 0 Å². The van der Waals surface area contributed by atoms with Gasteiger partial charge in [-0.05, 0) is 25.7 Å². The van der Waals surface area contributed by atoms with E-state index in [2.05, 4.69) is 6.58 Å². The molecule has 0 aliphatic carbocycles. The second-order valence-electron chi connectivity index (χ2n) is 3.42. The third kappa shape index (κ3) is 2.18. The van der Waals surface area contributed by atoms with Crippen LogP contribution in [0.1, 0.15) is 25.7 Å². The van der Waals surface area contributed by atoms with E-state index < -0.39 is 0 Å². The third-order valence-corrected chi connectivity index (χ3v) is 2.58. The molecule has 1 rings (SSSR count). The maximum Gasteiger partial charge on any atom is 0.126 e. The first-order valence-corrected chi connectivity index (χ1v) is 4.48.